The van der Waals surface area contributed by atoms with Gasteiger partial charge in [0.2, 0.25) is 0 Å². The largest absolute Gasteiger partial charge is 0.462 e. The van der Waals surface area contributed by atoms with E-state index in [1.54, 1.807) is 0 Å². The Morgan fingerprint density at radius 1 is 0.429 bits per heavy atom. The number of hydrogen-bond acceptors (Lipinski definition) is 10. The monoisotopic (exact) mass is 899 g/mol. The molecule has 374 valence electrons. The van der Waals surface area contributed by atoms with Gasteiger partial charge in [0.25, 0.3) is 0 Å². The van der Waals surface area contributed by atoms with Crippen LogP contribution in [-0.2, 0) is 28.5 Å². The summed E-state index contributed by atoms with van der Waals surface area (Å²) in [6.45, 7) is 3.49. The second kappa shape index (κ2) is 44.5. The fourth-order valence-electron chi connectivity index (χ4n) is 8.72. The molecule has 0 aromatic carbocycles. The van der Waals surface area contributed by atoms with Crippen LogP contribution in [0.5, 0.6) is 0 Å². The molecule has 0 bridgehead atoms. The zero-order valence-electron chi connectivity index (χ0n) is 41.1. The van der Waals surface area contributed by atoms with Crippen molar-refractivity contribution in [3.8, 4) is 0 Å². The molecule has 0 spiro atoms. The minimum Gasteiger partial charge on any atom is -0.462 e. The number of ether oxygens (including phenoxy) is 4. The molecule has 1 fully saturated rings. The number of esters is 2. The maximum atomic E-state index is 12.8. The van der Waals surface area contributed by atoms with E-state index in [-0.39, 0.29) is 32.0 Å². The number of carbonyl (C=O) groups excluding carboxylic acids is 2. The van der Waals surface area contributed by atoms with E-state index in [0.717, 1.165) is 38.5 Å². The molecule has 1 saturated heterocycles. The molecule has 0 saturated carbocycles. The van der Waals surface area contributed by atoms with Gasteiger partial charge in [-0.1, -0.05) is 245 Å². The SMILES string of the molecule is CCCCCCCCCCCCCCCCCCCCCCCCCC(=O)OC[C@@H](CO[C@H]1O[C@@H](CO)[C@@H](O)C(O)C1O)OC(=O)CCCCCCCCCCCCCCCCC. The normalized spacial score (nSPS) is 19.4. The fraction of sp³-hybridized carbons (Fsp3) is 0.962. The number of aliphatic hydroxyl groups excluding tert-OH is 4. The van der Waals surface area contributed by atoms with E-state index in [4.69, 9.17) is 18.9 Å². The number of hydrogen-bond donors (Lipinski definition) is 4. The summed E-state index contributed by atoms with van der Waals surface area (Å²) in [6.07, 6.45) is 41.2. The summed E-state index contributed by atoms with van der Waals surface area (Å²) in [4.78, 5) is 25.5. The Morgan fingerprint density at radius 2 is 0.746 bits per heavy atom. The summed E-state index contributed by atoms with van der Waals surface area (Å²) in [5.41, 5.74) is 0. The Bertz CT molecular complexity index is 995. The minimum absolute atomic E-state index is 0.208. The van der Waals surface area contributed by atoms with E-state index in [1.807, 2.05) is 0 Å². The molecule has 0 amide bonds. The van der Waals surface area contributed by atoms with Crippen LogP contribution in [0, 0.1) is 0 Å². The Labute approximate surface area is 387 Å². The molecular weight excluding hydrogens is 797 g/mol. The Hall–Kier alpha value is -1.30. The van der Waals surface area contributed by atoms with E-state index in [0.29, 0.717) is 6.42 Å². The van der Waals surface area contributed by atoms with Crippen molar-refractivity contribution in [3.05, 3.63) is 0 Å². The topological polar surface area (TPSA) is 152 Å². The standard InChI is InChI=1S/C53H102O10/c1-3-5-7-9-11-13-15-17-19-20-21-22-23-24-25-26-28-29-31-33-35-37-39-41-48(55)60-44-46(45-61-53-52(59)51(58)50(57)47(43-54)63-53)62-49(56)42-40-38-36-34-32-30-27-18-16-14-12-10-8-6-4-2/h46-47,50-54,57-59H,3-45H2,1-2H3/t46-,47-,50+,51?,52?,53-/m0/s1. The molecule has 1 aliphatic rings. The summed E-state index contributed by atoms with van der Waals surface area (Å²) >= 11 is 0. The van der Waals surface area contributed by atoms with Gasteiger partial charge in [0.1, 0.15) is 31.0 Å². The van der Waals surface area contributed by atoms with Crippen LogP contribution in [0.25, 0.3) is 0 Å². The second-order valence-electron chi connectivity index (χ2n) is 19.1. The molecule has 1 heterocycles. The van der Waals surface area contributed by atoms with Gasteiger partial charge in [-0.05, 0) is 12.8 Å². The predicted molar refractivity (Wildman–Crippen MR) is 257 cm³/mol. The lowest BCUT2D eigenvalue weighted by Crippen LogP contribution is -2.59. The van der Waals surface area contributed by atoms with Crippen molar-refractivity contribution in [1.29, 1.82) is 0 Å². The van der Waals surface area contributed by atoms with Gasteiger partial charge in [-0.15, -0.1) is 0 Å². The van der Waals surface area contributed by atoms with Crippen molar-refractivity contribution in [2.45, 2.75) is 307 Å². The first kappa shape index (κ1) is 59.7. The van der Waals surface area contributed by atoms with Gasteiger partial charge in [-0.3, -0.25) is 9.59 Å². The molecule has 10 nitrogen and oxygen atoms in total. The smallest absolute Gasteiger partial charge is 0.306 e. The first-order chi connectivity index (χ1) is 30.8. The lowest BCUT2D eigenvalue weighted by molar-refractivity contribution is -0.305. The van der Waals surface area contributed by atoms with E-state index in [1.165, 1.54) is 199 Å². The van der Waals surface area contributed by atoms with Crippen molar-refractivity contribution >= 4 is 11.9 Å². The van der Waals surface area contributed by atoms with E-state index in [2.05, 4.69) is 13.8 Å². The molecular formula is C53H102O10. The van der Waals surface area contributed by atoms with Gasteiger partial charge in [-0.2, -0.15) is 0 Å². The summed E-state index contributed by atoms with van der Waals surface area (Å²) in [6, 6.07) is 0. The maximum absolute atomic E-state index is 12.8. The van der Waals surface area contributed by atoms with Gasteiger partial charge in [0.15, 0.2) is 12.4 Å². The van der Waals surface area contributed by atoms with Crippen LogP contribution in [0.3, 0.4) is 0 Å². The third-order valence-corrected chi connectivity index (χ3v) is 13.0. The number of unbranched alkanes of at least 4 members (excludes halogenated alkanes) is 36. The molecule has 0 aromatic heterocycles. The average Bonchev–Trinajstić information content (AvgIpc) is 3.28. The van der Waals surface area contributed by atoms with Crippen LogP contribution in [0.2, 0.25) is 0 Å². The van der Waals surface area contributed by atoms with Crippen LogP contribution < -0.4 is 0 Å². The molecule has 6 atom stereocenters. The lowest BCUT2D eigenvalue weighted by atomic mass is 9.99. The van der Waals surface area contributed by atoms with Crippen LogP contribution in [0.1, 0.15) is 271 Å². The van der Waals surface area contributed by atoms with Crippen LogP contribution in [0.4, 0.5) is 0 Å². The Balaban J connectivity index is 2.19. The van der Waals surface area contributed by atoms with E-state index in [9.17, 15) is 30.0 Å². The zero-order valence-corrected chi connectivity index (χ0v) is 41.1. The summed E-state index contributed by atoms with van der Waals surface area (Å²) in [5, 5.41) is 40.2. The molecule has 0 aliphatic carbocycles. The van der Waals surface area contributed by atoms with Gasteiger partial charge in [0, 0.05) is 12.8 Å². The van der Waals surface area contributed by atoms with Gasteiger partial charge in [-0.25, -0.2) is 0 Å². The second-order valence-corrected chi connectivity index (χ2v) is 19.1. The Kier molecular flexibility index (Phi) is 42.2. The van der Waals surface area contributed by atoms with Gasteiger partial charge >= 0.3 is 11.9 Å². The van der Waals surface area contributed by atoms with Crippen LogP contribution in [-0.4, -0.2) is 89.0 Å². The first-order valence-electron chi connectivity index (χ1n) is 27.1. The highest BCUT2D eigenvalue weighted by Crippen LogP contribution is 2.23. The number of carbonyl (C=O) groups is 2. The molecule has 2 unspecified atom stereocenters. The average molecular weight is 899 g/mol. The molecule has 4 N–H and O–H groups in total. The Morgan fingerprint density at radius 3 is 1.08 bits per heavy atom. The molecule has 0 radical (unpaired) electrons. The molecule has 1 rings (SSSR count). The highest BCUT2D eigenvalue weighted by Gasteiger charge is 2.44. The molecule has 1 aliphatic heterocycles. The fourth-order valence-corrected chi connectivity index (χ4v) is 8.72. The predicted octanol–water partition coefficient (Wildman–Crippen LogP) is 12.9. The van der Waals surface area contributed by atoms with Crippen molar-refractivity contribution in [2.75, 3.05) is 19.8 Å². The maximum Gasteiger partial charge on any atom is 0.306 e. The highest BCUT2D eigenvalue weighted by atomic mass is 16.7. The molecule has 10 heteroatoms. The zero-order chi connectivity index (χ0) is 45.9. The van der Waals surface area contributed by atoms with Gasteiger partial charge < -0.3 is 39.4 Å². The number of aliphatic hydroxyl groups is 4. The summed E-state index contributed by atoms with van der Waals surface area (Å²) in [5.74, 6) is -0.784. The lowest BCUT2D eigenvalue weighted by Gasteiger charge is -2.39. The first-order valence-corrected chi connectivity index (χ1v) is 27.1. The third-order valence-electron chi connectivity index (χ3n) is 13.0. The molecule has 63 heavy (non-hydrogen) atoms. The van der Waals surface area contributed by atoms with Crippen LogP contribution in [0.15, 0.2) is 0 Å². The van der Waals surface area contributed by atoms with Crippen molar-refractivity contribution in [1.82, 2.24) is 0 Å². The number of rotatable bonds is 47. The van der Waals surface area contributed by atoms with Crippen molar-refractivity contribution in [2.24, 2.45) is 0 Å². The van der Waals surface area contributed by atoms with Crippen molar-refractivity contribution < 1.29 is 49.0 Å². The highest BCUT2D eigenvalue weighted by molar-refractivity contribution is 5.70. The van der Waals surface area contributed by atoms with Crippen LogP contribution >= 0.6 is 0 Å². The minimum atomic E-state index is -1.59. The molecule has 0 aromatic rings. The quantitative estimate of drug-likeness (QED) is 0.0343. The van der Waals surface area contributed by atoms with E-state index < -0.39 is 49.4 Å². The van der Waals surface area contributed by atoms with E-state index >= 15 is 0 Å². The van der Waals surface area contributed by atoms with Crippen molar-refractivity contribution in [3.63, 3.8) is 0 Å². The summed E-state index contributed by atoms with van der Waals surface area (Å²) in [7, 11) is 0. The summed E-state index contributed by atoms with van der Waals surface area (Å²) < 4.78 is 22.3. The third kappa shape index (κ3) is 35.6. The van der Waals surface area contributed by atoms with Gasteiger partial charge in [0.05, 0.1) is 13.2 Å².